The number of nitrogens with one attached hydrogen (secondary N) is 1. The van der Waals surface area contributed by atoms with Crippen LogP contribution in [-0.2, 0) is 11.3 Å². The van der Waals surface area contributed by atoms with Crippen LogP contribution in [-0.4, -0.2) is 26.4 Å². The summed E-state index contributed by atoms with van der Waals surface area (Å²) in [6, 6.07) is 15.4. The van der Waals surface area contributed by atoms with E-state index in [-0.39, 0.29) is 5.91 Å². The molecule has 1 N–H and O–H groups in total. The van der Waals surface area contributed by atoms with Gasteiger partial charge in [0.2, 0.25) is 5.91 Å². The summed E-state index contributed by atoms with van der Waals surface area (Å²) >= 11 is 4.88. The average Bonchev–Trinajstić information content (AvgIpc) is 3.02. The molecular formula is C17H15BrN4OS. The van der Waals surface area contributed by atoms with Crippen LogP contribution in [0.25, 0.3) is 0 Å². The lowest BCUT2D eigenvalue weighted by Crippen LogP contribution is -2.14. The molecule has 0 fully saturated rings. The van der Waals surface area contributed by atoms with E-state index < -0.39 is 0 Å². The fourth-order valence-electron chi connectivity index (χ4n) is 2.03. The largest absolute Gasteiger partial charge is 0.308 e. The zero-order chi connectivity index (χ0) is 16.8. The quantitative estimate of drug-likeness (QED) is 0.636. The molecule has 5 nitrogen and oxygen atoms in total. The molecule has 2 heterocycles. The number of nitrogens with zero attached hydrogens (tertiary/aromatic N) is 3. The number of benzene rings is 1. The van der Waals surface area contributed by atoms with Crippen LogP contribution >= 0.6 is 27.7 Å². The standard InChI is InChI=1S/C17H15BrN4OS/c18-13-4-6-15(7-5-13)24-12-17(23)20-16-8-10-22(21-16)11-14-3-1-2-9-19-14/h1-10H,11-12H2,(H,20,21,23). The Morgan fingerprint density at radius 2 is 2.00 bits per heavy atom. The van der Waals surface area contributed by atoms with E-state index >= 15 is 0 Å². The van der Waals surface area contributed by atoms with Crippen LogP contribution in [0, 0.1) is 0 Å². The normalized spacial score (nSPS) is 10.5. The first-order valence-electron chi connectivity index (χ1n) is 7.30. The lowest BCUT2D eigenvalue weighted by Gasteiger charge is -2.03. The molecule has 1 aromatic carbocycles. The lowest BCUT2D eigenvalue weighted by molar-refractivity contribution is -0.113. The highest BCUT2D eigenvalue weighted by molar-refractivity contribution is 9.10. The van der Waals surface area contributed by atoms with E-state index in [1.165, 1.54) is 11.8 Å². The van der Waals surface area contributed by atoms with Crippen molar-refractivity contribution in [1.82, 2.24) is 14.8 Å². The van der Waals surface area contributed by atoms with Crippen LogP contribution in [0.15, 0.2) is 70.3 Å². The van der Waals surface area contributed by atoms with Crippen LogP contribution in [0.4, 0.5) is 5.82 Å². The van der Waals surface area contributed by atoms with Gasteiger partial charge in [-0.25, -0.2) is 0 Å². The van der Waals surface area contributed by atoms with E-state index in [0.29, 0.717) is 18.1 Å². The zero-order valence-corrected chi connectivity index (χ0v) is 15.1. The highest BCUT2D eigenvalue weighted by atomic mass is 79.9. The highest BCUT2D eigenvalue weighted by Gasteiger charge is 2.06. The smallest absolute Gasteiger partial charge is 0.235 e. The molecule has 0 radical (unpaired) electrons. The summed E-state index contributed by atoms with van der Waals surface area (Å²) in [5.41, 5.74) is 0.921. The van der Waals surface area contributed by atoms with Gasteiger partial charge >= 0.3 is 0 Å². The molecule has 24 heavy (non-hydrogen) atoms. The number of pyridine rings is 1. The fraction of sp³-hybridized carbons (Fsp3) is 0.118. The molecule has 3 rings (SSSR count). The maximum Gasteiger partial charge on any atom is 0.235 e. The molecule has 0 aliphatic rings. The molecule has 7 heteroatoms. The van der Waals surface area contributed by atoms with Gasteiger partial charge in [-0.3, -0.25) is 14.5 Å². The summed E-state index contributed by atoms with van der Waals surface area (Å²) in [6.45, 7) is 0.574. The Bertz CT molecular complexity index is 805. The number of thioether (sulfide) groups is 1. The van der Waals surface area contributed by atoms with Crippen molar-refractivity contribution in [2.45, 2.75) is 11.4 Å². The number of anilines is 1. The second-order valence-electron chi connectivity index (χ2n) is 5.01. The van der Waals surface area contributed by atoms with Gasteiger partial charge in [0.25, 0.3) is 0 Å². The SMILES string of the molecule is O=C(CSc1ccc(Br)cc1)Nc1ccn(Cc2ccccn2)n1. The van der Waals surface area contributed by atoms with Gasteiger partial charge in [-0.05, 0) is 36.4 Å². The van der Waals surface area contributed by atoms with Crippen LogP contribution in [0.2, 0.25) is 0 Å². The molecule has 0 spiro atoms. The molecule has 0 aliphatic carbocycles. The van der Waals surface area contributed by atoms with Crippen LogP contribution in [0.3, 0.4) is 0 Å². The van der Waals surface area contributed by atoms with Gasteiger partial charge in [0.05, 0.1) is 18.0 Å². The number of carbonyl (C=O) groups excluding carboxylic acids is 1. The highest BCUT2D eigenvalue weighted by Crippen LogP contribution is 2.20. The first-order chi connectivity index (χ1) is 11.7. The second kappa shape index (κ2) is 8.12. The predicted octanol–water partition coefficient (Wildman–Crippen LogP) is 3.82. The molecule has 0 unspecified atom stereocenters. The molecule has 0 aliphatic heterocycles. The monoisotopic (exact) mass is 402 g/mol. The van der Waals surface area contributed by atoms with E-state index in [1.54, 1.807) is 16.9 Å². The van der Waals surface area contributed by atoms with Crippen molar-refractivity contribution in [2.75, 3.05) is 11.1 Å². The molecule has 3 aromatic rings. The van der Waals surface area contributed by atoms with E-state index in [4.69, 9.17) is 0 Å². The van der Waals surface area contributed by atoms with Gasteiger partial charge in [0, 0.05) is 27.8 Å². The Kier molecular flexibility index (Phi) is 5.66. The van der Waals surface area contributed by atoms with Gasteiger partial charge < -0.3 is 5.32 Å². The molecule has 0 atom stereocenters. The van der Waals surface area contributed by atoms with Gasteiger partial charge in [-0.2, -0.15) is 5.10 Å². The third-order valence-electron chi connectivity index (χ3n) is 3.14. The first kappa shape index (κ1) is 16.7. The molecule has 0 saturated carbocycles. The molecule has 0 bridgehead atoms. The van der Waals surface area contributed by atoms with Gasteiger partial charge in [-0.15, -0.1) is 11.8 Å². The lowest BCUT2D eigenvalue weighted by atomic mass is 10.3. The number of hydrogen-bond donors (Lipinski definition) is 1. The third kappa shape index (κ3) is 4.94. The van der Waals surface area contributed by atoms with Crippen molar-refractivity contribution in [3.8, 4) is 0 Å². The first-order valence-corrected chi connectivity index (χ1v) is 9.08. The number of amides is 1. The van der Waals surface area contributed by atoms with E-state index in [1.807, 2.05) is 48.7 Å². The molecular weight excluding hydrogens is 388 g/mol. The van der Waals surface area contributed by atoms with Gasteiger partial charge in [0.1, 0.15) is 0 Å². The summed E-state index contributed by atoms with van der Waals surface area (Å²) < 4.78 is 2.77. The van der Waals surface area contributed by atoms with Crippen molar-refractivity contribution in [3.63, 3.8) is 0 Å². The Morgan fingerprint density at radius 3 is 2.75 bits per heavy atom. The number of aromatic nitrogens is 3. The van der Waals surface area contributed by atoms with Crippen molar-refractivity contribution in [3.05, 3.63) is 71.1 Å². The summed E-state index contributed by atoms with van der Waals surface area (Å²) in [7, 11) is 0. The Balaban J connectivity index is 1.50. The maximum absolute atomic E-state index is 12.0. The maximum atomic E-state index is 12.0. The number of hydrogen-bond acceptors (Lipinski definition) is 4. The van der Waals surface area contributed by atoms with Gasteiger partial charge in [-0.1, -0.05) is 22.0 Å². The minimum atomic E-state index is -0.0778. The topological polar surface area (TPSA) is 59.8 Å². The summed E-state index contributed by atoms with van der Waals surface area (Å²) in [4.78, 5) is 17.3. The Hall–Kier alpha value is -2.12. The summed E-state index contributed by atoms with van der Waals surface area (Å²) in [5, 5.41) is 7.15. The summed E-state index contributed by atoms with van der Waals surface area (Å²) in [6.07, 6.45) is 3.58. The van der Waals surface area contributed by atoms with Gasteiger partial charge in [0.15, 0.2) is 5.82 Å². The van der Waals surface area contributed by atoms with Crippen molar-refractivity contribution >= 4 is 39.4 Å². The van der Waals surface area contributed by atoms with Crippen LogP contribution in [0.1, 0.15) is 5.69 Å². The van der Waals surface area contributed by atoms with Crippen LogP contribution < -0.4 is 5.32 Å². The van der Waals surface area contributed by atoms with E-state index in [0.717, 1.165) is 15.1 Å². The summed E-state index contributed by atoms with van der Waals surface area (Å²) in [5.74, 6) is 0.813. The molecule has 2 aromatic heterocycles. The van der Waals surface area contributed by atoms with Crippen molar-refractivity contribution in [2.24, 2.45) is 0 Å². The Labute approximate surface area is 152 Å². The molecule has 122 valence electrons. The van der Waals surface area contributed by atoms with Crippen molar-refractivity contribution in [1.29, 1.82) is 0 Å². The molecule has 1 amide bonds. The fourth-order valence-corrected chi connectivity index (χ4v) is 3.00. The van der Waals surface area contributed by atoms with Crippen LogP contribution in [0.5, 0.6) is 0 Å². The average molecular weight is 403 g/mol. The number of carbonyl (C=O) groups is 1. The third-order valence-corrected chi connectivity index (χ3v) is 4.68. The Morgan fingerprint density at radius 1 is 1.17 bits per heavy atom. The van der Waals surface area contributed by atoms with Crippen molar-refractivity contribution < 1.29 is 4.79 Å². The van der Waals surface area contributed by atoms with E-state index in [9.17, 15) is 4.79 Å². The zero-order valence-electron chi connectivity index (χ0n) is 12.7. The molecule has 0 saturated heterocycles. The number of rotatable bonds is 6. The minimum Gasteiger partial charge on any atom is -0.308 e. The predicted molar refractivity (Wildman–Crippen MR) is 99.1 cm³/mol. The van der Waals surface area contributed by atoms with E-state index in [2.05, 4.69) is 31.3 Å². The minimum absolute atomic E-state index is 0.0778. The number of halogens is 1. The second-order valence-corrected chi connectivity index (χ2v) is 6.97.